The summed E-state index contributed by atoms with van der Waals surface area (Å²) in [6, 6.07) is 7.82. The highest BCUT2D eigenvalue weighted by Crippen LogP contribution is 2.40. The molecule has 4 aromatic rings. The Bertz CT molecular complexity index is 1520. The zero-order valence-corrected chi connectivity index (χ0v) is 22.7. The van der Waals surface area contributed by atoms with Crippen molar-refractivity contribution in [3.63, 3.8) is 0 Å². The molecule has 11 heteroatoms. The Kier molecular flexibility index (Phi) is 6.75. The van der Waals surface area contributed by atoms with E-state index in [4.69, 9.17) is 5.26 Å². The predicted octanol–water partition coefficient (Wildman–Crippen LogP) is 5.66. The van der Waals surface area contributed by atoms with Gasteiger partial charge in [0.25, 0.3) is 0 Å². The third-order valence-corrected chi connectivity index (χ3v) is 8.19. The number of rotatable bonds is 5. The van der Waals surface area contributed by atoms with Crippen LogP contribution >= 0.6 is 11.3 Å². The number of anilines is 1. The fourth-order valence-corrected chi connectivity index (χ4v) is 6.34. The van der Waals surface area contributed by atoms with E-state index in [2.05, 4.69) is 31.6 Å². The molecule has 0 bridgehead atoms. The van der Waals surface area contributed by atoms with E-state index in [1.54, 1.807) is 28.6 Å². The number of carboxylic acid groups (broad SMARTS) is 1. The highest BCUT2D eigenvalue weighted by atomic mass is 32.1. The van der Waals surface area contributed by atoms with Crippen molar-refractivity contribution < 1.29 is 9.90 Å². The van der Waals surface area contributed by atoms with Gasteiger partial charge in [0.2, 0.25) is 0 Å². The first-order valence-electron chi connectivity index (χ1n) is 12.6. The van der Waals surface area contributed by atoms with Gasteiger partial charge in [0, 0.05) is 60.3 Å². The maximum atomic E-state index is 11.9. The quantitative estimate of drug-likeness (QED) is 0.338. The van der Waals surface area contributed by atoms with Crippen LogP contribution in [0.5, 0.6) is 0 Å². The molecule has 0 aliphatic heterocycles. The number of fused-ring (bicyclic) bond motifs is 1. The van der Waals surface area contributed by atoms with E-state index in [0.29, 0.717) is 11.4 Å². The summed E-state index contributed by atoms with van der Waals surface area (Å²) in [6.07, 6.45) is 7.80. The van der Waals surface area contributed by atoms with E-state index in [1.165, 1.54) is 0 Å². The summed E-state index contributed by atoms with van der Waals surface area (Å²) >= 11 is 1.57. The molecule has 4 heterocycles. The summed E-state index contributed by atoms with van der Waals surface area (Å²) < 4.78 is 1.89. The third kappa shape index (κ3) is 4.79. The lowest BCUT2D eigenvalue weighted by molar-refractivity contribution is 0.0546. The van der Waals surface area contributed by atoms with Gasteiger partial charge in [-0.05, 0) is 58.6 Å². The molecule has 4 aromatic heterocycles. The van der Waals surface area contributed by atoms with E-state index >= 15 is 0 Å². The molecule has 2 N–H and O–H groups in total. The zero-order chi connectivity index (χ0) is 27.0. The number of pyridine rings is 2. The monoisotopic (exact) mass is 530 g/mol. The van der Waals surface area contributed by atoms with Crippen LogP contribution in [0.25, 0.3) is 27.4 Å². The first-order chi connectivity index (χ1) is 18.2. The number of aromatic nitrogens is 5. The number of nitrogens with one attached hydrogen (secondary N) is 1. The maximum absolute atomic E-state index is 11.9. The Morgan fingerprint density at radius 3 is 2.61 bits per heavy atom. The number of hydrogen-bond acceptors (Lipinski definition) is 8. The average molecular weight is 531 g/mol. The summed E-state index contributed by atoms with van der Waals surface area (Å²) in [4.78, 5) is 22.6. The number of amides is 1. The molecule has 38 heavy (non-hydrogen) atoms. The largest absolute Gasteiger partial charge is 0.465 e. The molecule has 1 saturated carbocycles. The van der Waals surface area contributed by atoms with Crippen LogP contribution in [0.4, 0.5) is 10.5 Å². The van der Waals surface area contributed by atoms with Crippen LogP contribution in [-0.2, 0) is 0 Å². The van der Waals surface area contributed by atoms with Crippen molar-refractivity contribution in [1.82, 2.24) is 29.6 Å². The predicted molar refractivity (Wildman–Crippen MR) is 147 cm³/mol. The van der Waals surface area contributed by atoms with Gasteiger partial charge < -0.3 is 15.3 Å². The van der Waals surface area contributed by atoms with E-state index in [9.17, 15) is 9.90 Å². The van der Waals surface area contributed by atoms with E-state index in [0.717, 1.165) is 58.0 Å². The standard InChI is InChI=1S/C27H30N8O2S/c1-27(2,3)35(26(36)37)19-7-5-17(6-8-19)24-32-33-25(38-24)20-15-30-22(12-21(20)29-4)34-10-9-18-11-16(13-28)14-31-23(18)34/h9-12,14-15,17,19H,5-8H2,1-4H3,(H,29,30)(H,36,37)/t17-,19-. The fourth-order valence-electron chi connectivity index (χ4n) is 5.30. The molecule has 5 rings (SSSR count). The highest BCUT2D eigenvalue weighted by molar-refractivity contribution is 7.14. The van der Waals surface area contributed by atoms with Crippen molar-refractivity contribution in [3.8, 4) is 22.5 Å². The Morgan fingerprint density at radius 2 is 1.95 bits per heavy atom. The number of hydrogen-bond donors (Lipinski definition) is 2. The Hall–Kier alpha value is -4.04. The van der Waals surface area contributed by atoms with Gasteiger partial charge in [-0.1, -0.05) is 11.3 Å². The molecule has 1 amide bonds. The minimum absolute atomic E-state index is 0.0227. The molecule has 10 nitrogen and oxygen atoms in total. The van der Waals surface area contributed by atoms with Gasteiger partial charge >= 0.3 is 6.09 Å². The van der Waals surface area contributed by atoms with E-state index in [-0.39, 0.29) is 12.0 Å². The first kappa shape index (κ1) is 25.6. The summed E-state index contributed by atoms with van der Waals surface area (Å²) in [5, 5.41) is 33.8. The normalized spacial score (nSPS) is 17.8. The molecule has 1 aliphatic carbocycles. The fraction of sp³-hybridized carbons (Fsp3) is 0.407. The Balaban J connectivity index is 1.35. The van der Waals surface area contributed by atoms with Gasteiger partial charge in [-0.15, -0.1) is 10.2 Å². The van der Waals surface area contributed by atoms with Gasteiger partial charge in [0.15, 0.2) is 5.01 Å². The minimum Gasteiger partial charge on any atom is -0.465 e. The number of carbonyl (C=O) groups is 1. The van der Waals surface area contributed by atoms with Gasteiger partial charge in [0.1, 0.15) is 22.5 Å². The summed E-state index contributed by atoms with van der Waals surface area (Å²) in [7, 11) is 1.86. The topological polar surface area (TPSA) is 133 Å². The third-order valence-electron chi connectivity index (χ3n) is 7.07. The van der Waals surface area contributed by atoms with Crippen molar-refractivity contribution in [2.75, 3.05) is 12.4 Å². The maximum Gasteiger partial charge on any atom is 0.407 e. The molecule has 1 fully saturated rings. The molecule has 0 aromatic carbocycles. The molecular weight excluding hydrogens is 500 g/mol. The molecule has 0 saturated heterocycles. The van der Waals surface area contributed by atoms with E-state index in [1.807, 2.05) is 56.8 Å². The van der Waals surface area contributed by atoms with Crippen molar-refractivity contribution in [1.29, 1.82) is 5.26 Å². The van der Waals surface area contributed by atoms with Crippen LogP contribution in [0.15, 0.2) is 36.8 Å². The lowest BCUT2D eigenvalue weighted by Gasteiger charge is -2.42. The molecule has 0 radical (unpaired) electrons. The molecule has 0 unspecified atom stereocenters. The molecule has 0 atom stereocenters. The van der Waals surface area contributed by atoms with Crippen LogP contribution in [0.1, 0.15) is 62.9 Å². The zero-order valence-electron chi connectivity index (χ0n) is 21.8. The SMILES string of the molecule is CNc1cc(-n2ccc3cc(C#N)cnc32)ncc1-c1nnc([C@H]2CC[C@H](N(C(=O)O)C(C)(C)C)CC2)s1. The van der Waals surface area contributed by atoms with Crippen LogP contribution < -0.4 is 5.32 Å². The Labute approximate surface area is 225 Å². The van der Waals surface area contributed by atoms with Crippen molar-refractivity contribution in [2.45, 2.75) is 64.0 Å². The molecular formula is C27H30N8O2S. The summed E-state index contributed by atoms with van der Waals surface area (Å²) in [6.45, 7) is 5.84. The van der Waals surface area contributed by atoms with Crippen molar-refractivity contribution in [3.05, 3.63) is 47.4 Å². The van der Waals surface area contributed by atoms with E-state index < -0.39 is 11.6 Å². The van der Waals surface area contributed by atoms with Crippen molar-refractivity contribution in [2.24, 2.45) is 0 Å². The van der Waals surface area contributed by atoms with Crippen molar-refractivity contribution >= 4 is 34.2 Å². The smallest absolute Gasteiger partial charge is 0.407 e. The van der Waals surface area contributed by atoms with Crippen LogP contribution in [-0.4, -0.2) is 59.5 Å². The second-order valence-electron chi connectivity index (χ2n) is 10.5. The minimum atomic E-state index is -0.856. The van der Waals surface area contributed by atoms with Gasteiger partial charge in [-0.3, -0.25) is 4.57 Å². The number of nitrogens with zero attached hydrogens (tertiary/aromatic N) is 7. The second-order valence-corrected chi connectivity index (χ2v) is 11.6. The second kappa shape index (κ2) is 10.0. The van der Waals surface area contributed by atoms with Gasteiger partial charge in [-0.2, -0.15) is 5.26 Å². The average Bonchev–Trinajstić information content (AvgIpc) is 3.55. The summed E-state index contributed by atoms with van der Waals surface area (Å²) in [5.74, 6) is 0.976. The lowest BCUT2D eigenvalue weighted by Crippen LogP contribution is -2.52. The van der Waals surface area contributed by atoms with Crippen LogP contribution in [0, 0.1) is 11.3 Å². The highest BCUT2D eigenvalue weighted by Gasteiger charge is 2.36. The Morgan fingerprint density at radius 1 is 1.18 bits per heavy atom. The number of nitriles is 1. The van der Waals surface area contributed by atoms with Gasteiger partial charge in [0.05, 0.1) is 11.1 Å². The van der Waals surface area contributed by atoms with Crippen LogP contribution in [0.2, 0.25) is 0 Å². The van der Waals surface area contributed by atoms with Crippen LogP contribution in [0.3, 0.4) is 0 Å². The first-order valence-corrected chi connectivity index (χ1v) is 13.4. The van der Waals surface area contributed by atoms with Gasteiger partial charge in [-0.25, -0.2) is 14.8 Å². The molecule has 1 aliphatic rings. The molecule has 0 spiro atoms. The lowest BCUT2D eigenvalue weighted by atomic mass is 9.84. The summed E-state index contributed by atoms with van der Waals surface area (Å²) in [5.41, 5.74) is 2.56. The molecule has 196 valence electrons.